The summed E-state index contributed by atoms with van der Waals surface area (Å²) in [6.45, 7) is 4.15. The number of hydrogen-bond donors (Lipinski definition) is 1. The first-order valence-electron chi connectivity index (χ1n) is 8.00. The van der Waals surface area contributed by atoms with Crippen molar-refractivity contribution in [1.29, 1.82) is 0 Å². The van der Waals surface area contributed by atoms with Crippen molar-refractivity contribution in [2.75, 3.05) is 13.7 Å². The van der Waals surface area contributed by atoms with E-state index in [-0.39, 0.29) is 18.6 Å². The van der Waals surface area contributed by atoms with E-state index in [0.29, 0.717) is 6.42 Å². The molecule has 0 spiro atoms. The summed E-state index contributed by atoms with van der Waals surface area (Å²) in [5.74, 6) is 0.157. The fraction of sp³-hybridized carbons (Fsp3) is 0.938. The Bertz CT molecular complexity index is 219. The van der Waals surface area contributed by atoms with E-state index in [0.717, 1.165) is 12.8 Å². The molecule has 114 valence electrons. The van der Waals surface area contributed by atoms with E-state index >= 15 is 0 Å². The number of aliphatic hydroxyl groups is 1. The molecule has 0 aliphatic heterocycles. The fourth-order valence-electron chi connectivity index (χ4n) is 2.13. The molecule has 0 heterocycles. The molecular weight excluding hydrogens is 238 g/mol. The van der Waals surface area contributed by atoms with E-state index in [4.69, 9.17) is 5.11 Å². The zero-order chi connectivity index (χ0) is 14.5. The third kappa shape index (κ3) is 9.94. The molecule has 0 fully saturated rings. The molecular formula is C16H33NO2. The van der Waals surface area contributed by atoms with Crippen molar-refractivity contribution in [2.24, 2.45) is 0 Å². The molecule has 0 rings (SSSR count). The van der Waals surface area contributed by atoms with Gasteiger partial charge in [0.2, 0.25) is 5.91 Å². The Morgan fingerprint density at radius 3 is 1.95 bits per heavy atom. The highest BCUT2D eigenvalue weighted by Crippen LogP contribution is 2.11. The number of carbonyl (C=O) groups excluding carboxylic acids is 1. The first-order valence-corrected chi connectivity index (χ1v) is 8.00. The molecule has 0 aromatic carbocycles. The summed E-state index contributed by atoms with van der Waals surface area (Å²) in [6, 6.07) is -0.0638. The summed E-state index contributed by atoms with van der Waals surface area (Å²) < 4.78 is 0. The van der Waals surface area contributed by atoms with Gasteiger partial charge in [0.1, 0.15) is 0 Å². The van der Waals surface area contributed by atoms with Gasteiger partial charge in [-0.2, -0.15) is 0 Å². The third-order valence-electron chi connectivity index (χ3n) is 3.81. The first-order chi connectivity index (χ1) is 9.13. The van der Waals surface area contributed by atoms with Crippen molar-refractivity contribution in [3.63, 3.8) is 0 Å². The van der Waals surface area contributed by atoms with Gasteiger partial charge in [0.15, 0.2) is 0 Å². The minimum absolute atomic E-state index is 0.0417. The minimum atomic E-state index is -0.0638. The molecule has 3 heteroatoms. The highest BCUT2D eigenvalue weighted by atomic mass is 16.3. The maximum absolute atomic E-state index is 11.8. The van der Waals surface area contributed by atoms with Crippen molar-refractivity contribution in [3.05, 3.63) is 0 Å². The summed E-state index contributed by atoms with van der Waals surface area (Å²) in [6.07, 6.45) is 12.1. The normalized spacial score (nSPS) is 12.4. The molecule has 1 N–H and O–H groups in total. The number of amides is 1. The van der Waals surface area contributed by atoms with Gasteiger partial charge in [0, 0.05) is 13.5 Å². The Morgan fingerprint density at radius 1 is 1.00 bits per heavy atom. The summed E-state index contributed by atoms with van der Waals surface area (Å²) >= 11 is 0. The standard InChI is InChI=1S/C16H33NO2/c1-4-5-6-7-8-9-10-11-12-13-16(19)17(3)15(2)14-18/h15,18H,4-14H2,1-3H3. The molecule has 1 atom stereocenters. The fourth-order valence-corrected chi connectivity index (χ4v) is 2.13. The van der Waals surface area contributed by atoms with Gasteiger partial charge in [-0.15, -0.1) is 0 Å². The zero-order valence-corrected chi connectivity index (χ0v) is 13.2. The van der Waals surface area contributed by atoms with Gasteiger partial charge in [-0.1, -0.05) is 58.3 Å². The van der Waals surface area contributed by atoms with Gasteiger partial charge in [0.05, 0.1) is 12.6 Å². The number of likely N-dealkylation sites (N-methyl/N-ethyl adjacent to an activating group) is 1. The summed E-state index contributed by atoms with van der Waals surface area (Å²) in [5.41, 5.74) is 0. The van der Waals surface area contributed by atoms with Crippen LogP contribution in [0.4, 0.5) is 0 Å². The highest BCUT2D eigenvalue weighted by Gasteiger charge is 2.13. The molecule has 0 aliphatic rings. The number of carbonyl (C=O) groups is 1. The number of nitrogens with zero attached hydrogens (tertiary/aromatic N) is 1. The Labute approximate surface area is 119 Å². The van der Waals surface area contributed by atoms with Crippen LogP contribution in [0.25, 0.3) is 0 Å². The molecule has 0 saturated carbocycles. The van der Waals surface area contributed by atoms with Gasteiger partial charge in [0.25, 0.3) is 0 Å². The Kier molecular flexibility index (Phi) is 12.1. The van der Waals surface area contributed by atoms with Crippen LogP contribution < -0.4 is 0 Å². The molecule has 0 radical (unpaired) electrons. The Hall–Kier alpha value is -0.570. The Balaban J connectivity index is 3.36. The molecule has 0 aromatic heterocycles. The van der Waals surface area contributed by atoms with Gasteiger partial charge in [-0.05, 0) is 13.3 Å². The van der Waals surface area contributed by atoms with Crippen molar-refractivity contribution in [1.82, 2.24) is 4.90 Å². The predicted octanol–water partition coefficient (Wildman–Crippen LogP) is 3.75. The van der Waals surface area contributed by atoms with Crippen LogP contribution in [0.5, 0.6) is 0 Å². The van der Waals surface area contributed by atoms with Crippen molar-refractivity contribution < 1.29 is 9.90 Å². The molecule has 1 unspecified atom stereocenters. The van der Waals surface area contributed by atoms with Crippen molar-refractivity contribution in [2.45, 2.75) is 84.1 Å². The summed E-state index contributed by atoms with van der Waals surface area (Å²) in [7, 11) is 1.77. The topological polar surface area (TPSA) is 40.5 Å². The molecule has 0 saturated heterocycles. The van der Waals surface area contributed by atoms with E-state index in [9.17, 15) is 4.79 Å². The third-order valence-corrected chi connectivity index (χ3v) is 3.81. The second kappa shape index (κ2) is 12.5. The molecule has 1 amide bonds. The largest absolute Gasteiger partial charge is 0.394 e. The zero-order valence-electron chi connectivity index (χ0n) is 13.2. The smallest absolute Gasteiger partial charge is 0.222 e. The molecule has 0 bridgehead atoms. The van der Waals surface area contributed by atoms with E-state index < -0.39 is 0 Å². The number of unbranched alkanes of at least 4 members (excludes halogenated alkanes) is 8. The quantitative estimate of drug-likeness (QED) is 0.549. The predicted molar refractivity (Wildman–Crippen MR) is 81.2 cm³/mol. The number of aliphatic hydroxyl groups excluding tert-OH is 1. The van der Waals surface area contributed by atoms with Crippen molar-refractivity contribution in [3.8, 4) is 0 Å². The lowest BCUT2D eigenvalue weighted by molar-refractivity contribution is -0.132. The van der Waals surface area contributed by atoms with Gasteiger partial charge in [-0.3, -0.25) is 4.79 Å². The monoisotopic (exact) mass is 271 g/mol. The lowest BCUT2D eigenvalue weighted by Gasteiger charge is -2.23. The van der Waals surface area contributed by atoms with Gasteiger partial charge < -0.3 is 10.0 Å². The number of hydrogen-bond acceptors (Lipinski definition) is 2. The average Bonchev–Trinajstić information content (AvgIpc) is 2.43. The average molecular weight is 271 g/mol. The van der Waals surface area contributed by atoms with E-state index in [1.807, 2.05) is 6.92 Å². The maximum Gasteiger partial charge on any atom is 0.222 e. The second-order valence-corrected chi connectivity index (χ2v) is 5.61. The van der Waals surface area contributed by atoms with Crippen LogP contribution in [-0.2, 0) is 4.79 Å². The van der Waals surface area contributed by atoms with Crippen LogP contribution in [0.1, 0.15) is 78.1 Å². The molecule has 3 nitrogen and oxygen atoms in total. The minimum Gasteiger partial charge on any atom is -0.394 e. The van der Waals surface area contributed by atoms with Crippen LogP contribution >= 0.6 is 0 Å². The molecule has 0 aromatic rings. The van der Waals surface area contributed by atoms with Crippen LogP contribution in [-0.4, -0.2) is 35.6 Å². The SMILES string of the molecule is CCCCCCCCCCCC(=O)N(C)C(C)CO. The van der Waals surface area contributed by atoms with E-state index in [1.165, 1.54) is 44.9 Å². The lowest BCUT2D eigenvalue weighted by atomic mass is 10.1. The highest BCUT2D eigenvalue weighted by molar-refractivity contribution is 5.76. The van der Waals surface area contributed by atoms with Gasteiger partial charge >= 0.3 is 0 Å². The van der Waals surface area contributed by atoms with Crippen LogP contribution in [0, 0.1) is 0 Å². The summed E-state index contributed by atoms with van der Waals surface area (Å²) in [5, 5.41) is 8.99. The van der Waals surface area contributed by atoms with Gasteiger partial charge in [-0.25, -0.2) is 0 Å². The molecule has 0 aliphatic carbocycles. The Morgan fingerprint density at radius 2 is 1.47 bits per heavy atom. The summed E-state index contributed by atoms with van der Waals surface area (Å²) in [4.78, 5) is 13.4. The van der Waals surface area contributed by atoms with Crippen LogP contribution in [0.2, 0.25) is 0 Å². The molecule has 19 heavy (non-hydrogen) atoms. The van der Waals surface area contributed by atoms with E-state index in [2.05, 4.69) is 6.92 Å². The second-order valence-electron chi connectivity index (χ2n) is 5.61. The number of rotatable bonds is 12. The maximum atomic E-state index is 11.8. The van der Waals surface area contributed by atoms with Crippen LogP contribution in [0.15, 0.2) is 0 Å². The lowest BCUT2D eigenvalue weighted by Crippen LogP contribution is -2.37. The first kappa shape index (κ1) is 18.4. The van der Waals surface area contributed by atoms with E-state index in [1.54, 1.807) is 11.9 Å². The van der Waals surface area contributed by atoms with Crippen molar-refractivity contribution >= 4 is 5.91 Å². The van der Waals surface area contributed by atoms with Crippen LogP contribution in [0.3, 0.4) is 0 Å².